The topological polar surface area (TPSA) is 85.2 Å². The van der Waals surface area contributed by atoms with E-state index in [1.807, 2.05) is 72.8 Å². The Morgan fingerprint density at radius 2 is 1.65 bits per heavy atom. The molecule has 0 saturated heterocycles. The molecule has 0 bridgehead atoms. The van der Waals surface area contributed by atoms with Crippen LogP contribution < -0.4 is 10.6 Å². The normalized spacial score (nSPS) is 11.3. The third-order valence-electron chi connectivity index (χ3n) is 5.49. The molecule has 2 amide bonds. The lowest BCUT2D eigenvalue weighted by Gasteiger charge is -2.15. The summed E-state index contributed by atoms with van der Waals surface area (Å²) in [4.78, 5) is 24.8. The molecule has 0 unspecified atom stereocenters. The molecule has 34 heavy (non-hydrogen) atoms. The highest BCUT2D eigenvalue weighted by atomic mass is 16.5. The van der Waals surface area contributed by atoms with Gasteiger partial charge in [0.1, 0.15) is 5.82 Å². The summed E-state index contributed by atoms with van der Waals surface area (Å²) in [6.07, 6.45) is 0.134. The van der Waals surface area contributed by atoms with Crippen molar-refractivity contribution in [2.75, 3.05) is 17.7 Å². The second kappa shape index (κ2) is 9.39. The number of fused-ring (bicyclic) bond motifs is 1. The molecule has 2 N–H and O–H groups in total. The third kappa shape index (κ3) is 5.09. The van der Waals surface area contributed by atoms with Crippen LogP contribution in [-0.2, 0) is 21.4 Å². The highest BCUT2D eigenvalue weighted by Crippen LogP contribution is 2.29. The van der Waals surface area contributed by atoms with E-state index in [2.05, 4.69) is 31.4 Å². The fourth-order valence-electron chi connectivity index (χ4n) is 3.70. The number of carbonyl (C=O) groups is 2. The molecule has 0 saturated carbocycles. The lowest BCUT2D eigenvalue weighted by Crippen LogP contribution is -2.21. The second-order valence-electron chi connectivity index (χ2n) is 9.10. The minimum absolute atomic E-state index is 0.134. The van der Waals surface area contributed by atoms with Crippen molar-refractivity contribution in [3.05, 3.63) is 84.1 Å². The van der Waals surface area contributed by atoms with Crippen molar-refractivity contribution in [2.24, 2.45) is 0 Å². The van der Waals surface area contributed by atoms with Gasteiger partial charge in [0.15, 0.2) is 0 Å². The molecule has 4 rings (SSSR count). The van der Waals surface area contributed by atoms with Crippen LogP contribution in [0.1, 0.15) is 32.0 Å². The molecule has 1 aromatic heterocycles. The second-order valence-corrected chi connectivity index (χ2v) is 9.10. The van der Waals surface area contributed by atoms with Crippen LogP contribution in [0.15, 0.2) is 72.8 Å². The number of amides is 2. The summed E-state index contributed by atoms with van der Waals surface area (Å²) in [5.41, 5.74) is 2.84. The molecule has 0 aliphatic carbocycles. The van der Waals surface area contributed by atoms with Gasteiger partial charge in [-0.2, -0.15) is 5.10 Å². The van der Waals surface area contributed by atoms with Gasteiger partial charge < -0.3 is 10.1 Å². The van der Waals surface area contributed by atoms with E-state index in [4.69, 9.17) is 9.84 Å². The van der Waals surface area contributed by atoms with Crippen molar-refractivity contribution in [2.45, 2.75) is 32.6 Å². The molecule has 4 aromatic rings. The number of ether oxygens (including phenoxy) is 1. The van der Waals surface area contributed by atoms with Gasteiger partial charge in [0.25, 0.3) is 0 Å². The number of nitrogens with one attached hydrogen (secondary N) is 2. The molecule has 174 valence electrons. The predicted octanol–water partition coefficient (Wildman–Crippen LogP) is 5.68. The number of urea groups is 1. The number of anilines is 2. The number of esters is 1. The summed E-state index contributed by atoms with van der Waals surface area (Å²) in [6, 6.07) is 22.5. The van der Waals surface area contributed by atoms with Gasteiger partial charge in [0.05, 0.1) is 24.9 Å². The zero-order chi connectivity index (χ0) is 24.3. The Kier molecular flexibility index (Phi) is 6.36. The summed E-state index contributed by atoms with van der Waals surface area (Å²) in [5, 5.41) is 12.5. The Labute approximate surface area is 198 Å². The van der Waals surface area contributed by atoms with E-state index in [0.29, 0.717) is 11.5 Å². The highest BCUT2D eigenvalue weighted by molar-refractivity contribution is 5.99. The first-order chi connectivity index (χ1) is 16.2. The fraction of sp³-hybridized carbons (Fsp3) is 0.222. The maximum absolute atomic E-state index is 12.8. The molecule has 0 aliphatic heterocycles. The van der Waals surface area contributed by atoms with Crippen LogP contribution in [0.5, 0.6) is 0 Å². The van der Waals surface area contributed by atoms with Crippen LogP contribution in [0.3, 0.4) is 0 Å². The quantitative estimate of drug-likeness (QED) is 0.378. The number of para-hydroxylation sites is 1. The monoisotopic (exact) mass is 456 g/mol. The minimum atomic E-state index is -0.372. The Hall–Kier alpha value is -4.13. The summed E-state index contributed by atoms with van der Waals surface area (Å²) in [7, 11) is 1.38. The number of nitrogens with zero attached hydrogens (tertiary/aromatic N) is 2. The first-order valence-electron chi connectivity index (χ1n) is 11.1. The number of methoxy groups -OCH3 is 1. The first-order valence-corrected chi connectivity index (χ1v) is 11.1. The fourth-order valence-corrected chi connectivity index (χ4v) is 3.70. The van der Waals surface area contributed by atoms with E-state index in [-0.39, 0.29) is 23.8 Å². The summed E-state index contributed by atoms with van der Waals surface area (Å²) in [5.74, 6) is 0.205. The van der Waals surface area contributed by atoms with Gasteiger partial charge in [-0.05, 0) is 40.6 Å². The van der Waals surface area contributed by atoms with Crippen molar-refractivity contribution in [1.82, 2.24) is 9.78 Å². The number of benzene rings is 3. The van der Waals surface area contributed by atoms with Gasteiger partial charge in [-0.1, -0.05) is 63.2 Å². The largest absolute Gasteiger partial charge is 0.469 e. The number of aromatic nitrogens is 2. The van der Waals surface area contributed by atoms with Crippen LogP contribution in [0, 0.1) is 0 Å². The molecule has 0 radical (unpaired) electrons. The lowest BCUT2D eigenvalue weighted by atomic mass is 9.92. The minimum Gasteiger partial charge on any atom is -0.469 e. The molecule has 0 atom stereocenters. The Bertz CT molecular complexity index is 1340. The zero-order valence-electron chi connectivity index (χ0n) is 19.8. The van der Waals surface area contributed by atoms with Crippen LogP contribution in [0.4, 0.5) is 16.3 Å². The molecule has 0 fully saturated rings. The van der Waals surface area contributed by atoms with Crippen molar-refractivity contribution >= 4 is 34.3 Å². The molecule has 7 heteroatoms. The van der Waals surface area contributed by atoms with Crippen molar-refractivity contribution < 1.29 is 14.3 Å². The van der Waals surface area contributed by atoms with Crippen molar-refractivity contribution in [3.8, 4) is 5.69 Å². The van der Waals surface area contributed by atoms with Gasteiger partial charge in [0.2, 0.25) is 0 Å². The Morgan fingerprint density at radius 3 is 2.35 bits per heavy atom. The Morgan fingerprint density at radius 1 is 0.941 bits per heavy atom. The van der Waals surface area contributed by atoms with Gasteiger partial charge in [-0.15, -0.1) is 0 Å². The van der Waals surface area contributed by atoms with E-state index < -0.39 is 0 Å². The Balaban J connectivity index is 1.77. The van der Waals surface area contributed by atoms with E-state index in [1.54, 1.807) is 4.68 Å². The SMILES string of the molecule is COC(=O)Cc1cc(-n2nc(C(C)(C)C)cc2NC(=O)Nc2ccccc2)cc2ccccc12. The van der Waals surface area contributed by atoms with Crippen LogP contribution >= 0.6 is 0 Å². The molecular formula is C27H28N4O3. The maximum atomic E-state index is 12.8. The first kappa shape index (κ1) is 23.0. The van der Waals surface area contributed by atoms with E-state index in [0.717, 1.165) is 27.7 Å². The van der Waals surface area contributed by atoms with Crippen LogP contribution in [0.2, 0.25) is 0 Å². The zero-order valence-corrected chi connectivity index (χ0v) is 19.8. The number of carbonyl (C=O) groups excluding carboxylic acids is 2. The van der Waals surface area contributed by atoms with Crippen molar-refractivity contribution in [3.63, 3.8) is 0 Å². The maximum Gasteiger partial charge on any atom is 0.324 e. The predicted molar refractivity (Wildman–Crippen MR) is 135 cm³/mol. The number of rotatable bonds is 5. The molecule has 0 aliphatic rings. The smallest absolute Gasteiger partial charge is 0.324 e. The van der Waals surface area contributed by atoms with E-state index in [9.17, 15) is 9.59 Å². The average molecular weight is 457 g/mol. The highest BCUT2D eigenvalue weighted by Gasteiger charge is 2.22. The molecule has 0 spiro atoms. The lowest BCUT2D eigenvalue weighted by molar-refractivity contribution is -0.139. The summed E-state index contributed by atoms with van der Waals surface area (Å²) in [6.45, 7) is 6.20. The number of hydrogen-bond acceptors (Lipinski definition) is 4. The van der Waals surface area contributed by atoms with Gasteiger partial charge >= 0.3 is 12.0 Å². The van der Waals surface area contributed by atoms with Gasteiger partial charge in [-0.3, -0.25) is 10.1 Å². The van der Waals surface area contributed by atoms with Crippen molar-refractivity contribution in [1.29, 1.82) is 0 Å². The van der Waals surface area contributed by atoms with E-state index >= 15 is 0 Å². The summed E-state index contributed by atoms with van der Waals surface area (Å²) < 4.78 is 6.61. The van der Waals surface area contributed by atoms with Crippen LogP contribution in [0.25, 0.3) is 16.5 Å². The molecular weight excluding hydrogens is 428 g/mol. The molecule has 3 aromatic carbocycles. The summed E-state index contributed by atoms with van der Waals surface area (Å²) >= 11 is 0. The average Bonchev–Trinajstić information content (AvgIpc) is 3.23. The van der Waals surface area contributed by atoms with Gasteiger partial charge in [0, 0.05) is 17.2 Å². The third-order valence-corrected chi connectivity index (χ3v) is 5.49. The standard InChI is InChI=1S/C27H28N4O3/c1-27(2,3)23-17-24(29-26(33)28-20-11-6-5-7-12-20)31(30-23)21-14-18-10-8-9-13-22(18)19(15-21)16-25(32)34-4/h5-15,17H,16H2,1-4H3,(H2,28,29,33). The van der Waals surface area contributed by atoms with Crippen LogP contribution in [-0.4, -0.2) is 28.9 Å². The van der Waals surface area contributed by atoms with Gasteiger partial charge in [-0.25, -0.2) is 9.48 Å². The molecule has 7 nitrogen and oxygen atoms in total. The molecule has 1 heterocycles. The van der Waals surface area contributed by atoms with E-state index in [1.165, 1.54) is 7.11 Å². The number of hydrogen-bond donors (Lipinski definition) is 2.